The summed E-state index contributed by atoms with van der Waals surface area (Å²) in [5.41, 5.74) is 4.98. The third-order valence-corrected chi connectivity index (χ3v) is 2.20. The molecule has 15 heavy (non-hydrogen) atoms. The van der Waals surface area contributed by atoms with Gasteiger partial charge in [0.1, 0.15) is 6.33 Å². The summed E-state index contributed by atoms with van der Waals surface area (Å²) < 4.78 is 0. The first-order chi connectivity index (χ1) is 7.27. The van der Waals surface area contributed by atoms with Crippen molar-refractivity contribution in [3.8, 4) is 0 Å². The van der Waals surface area contributed by atoms with E-state index in [1.807, 2.05) is 13.0 Å². The summed E-state index contributed by atoms with van der Waals surface area (Å²) in [7, 11) is 0. The smallest absolute Gasteiger partial charge is 0.115 e. The molecular formula is C12H13N3. The molecule has 1 aromatic heterocycles. The molecule has 0 aliphatic carbocycles. The van der Waals surface area contributed by atoms with E-state index in [0.717, 1.165) is 5.69 Å². The Bertz CT molecular complexity index is 452. The zero-order chi connectivity index (χ0) is 10.7. The number of nitrogens with one attached hydrogen (secondary N) is 1. The minimum Gasteiger partial charge on any atom is -0.352 e. The van der Waals surface area contributed by atoms with E-state index in [-0.39, 0.29) is 0 Å². The Labute approximate surface area is 89.2 Å². The number of anilines is 2. The number of hydrogen-bond acceptors (Lipinski definition) is 3. The second-order valence-corrected chi connectivity index (χ2v) is 3.47. The van der Waals surface area contributed by atoms with Gasteiger partial charge in [0.15, 0.2) is 0 Å². The Morgan fingerprint density at radius 2 is 2.00 bits per heavy atom. The van der Waals surface area contributed by atoms with Crippen LogP contribution in [0.5, 0.6) is 0 Å². The van der Waals surface area contributed by atoms with Crippen LogP contribution in [0.25, 0.3) is 0 Å². The number of para-hydroxylation sites is 1. The van der Waals surface area contributed by atoms with Crippen LogP contribution >= 0.6 is 0 Å². The van der Waals surface area contributed by atoms with E-state index in [0.29, 0.717) is 0 Å². The maximum atomic E-state index is 3.87. The van der Waals surface area contributed by atoms with Gasteiger partial charge >= 0.3 is 0 Å². The second kappa shape index (κ2) is 4.09. The van der Waals surface area contributed by atoms with E-state index < -0.39 is 0 Å². The molecule has 0 radical (unpaired) electrons. The third-order valence-electron chi connectivity index (χ3n) is 2.20. The van der Waals surface area contributed by atoms with Crippen LogP contribution in [0.1, 0.15) is 11.3 Å². The van der Waals surface area contributed by atoms with Crippen LogP contribution in [0.15, 0.2) is 36.8 Å². The van der Waals surface area contributed by atoms with Gasteiger partial charge in [-0.25, -0.2) is 9.97 Å². The minimum absolute atomic E-state index is 1.01. The number of aromatic nitrogens is 2. The Kier molecular flexibility index (Phi) is 2.63. The number of hydrogen-bond donors (Lipinski definition) is 1. The van der Waals surface area contributed by atoms with Crippen molar-refractivity contribution in [1.29, 1.82) is 0 Å². The molecule has 0 saturated carbocycles. The van der Waals surface area contributed by atoms with Crippen molar-refractivity contribution in [2.24, 2.45) is 0 Å². The van der Waals surface area contributed by atoms with Crippen LogP contribution in [-0.4, -0.2) is 9.97 Å². The molecule has 0 bridgehead atoms. The van der Waals surface area contributed by atoms with Gasteiger partial charge in [0, 0.05) is 11.9 Å². The van der Waals surface area contributed by atoms with Gasteiger partial charge < -0.3 is 5.32 Å². The normalized spacial score (nSPS) is 10.5. The number of aryl methyl sites for hydroxylation is 2. The Morgan fingerprint density at radius 1 is 1.13 bits per heavy atom. The summed E-state index contributed by atoms with van der Waals surface area (Å²) in [4.78, 5) is 7.60. The van der Waals surface area contributed by atoms with Gasteiger partial charge in [-0.1, -0.05) is 12.1 Å². The molecule has 0 saturated heterocycles. The summed E-state index contributed by atoms with van der Waals surface area (Å²) >= 11 is 0. The largest absolute Gasteiger partial charge is 0.352 e. The summed E-state index contributed by atoms with van der Waals surface area (Å²) in [6, 6.07) is 8.12. The minimum atomic E-state index is 1.01. The van der Waals surface area contributed by atoms with Gasteiger partial charge in [-0.2, -0.15) is 0 Å². The molecule has 0 atom stereocenters. The van der Waals surface area contributed by atoms with Crippen molar-refractivity contribution in [2.75, 3.05) is 5.32 Å². The molecular weight excluding hydrogens is 186 g/mol. The molecule has 1 aromatic carbocycles. The molecule has 3 rings (SSSR count). The van der Waals surface area contributed by atoms with Crippen LogP contribution in [-0.2, 0) is 0 Å². The highest BCUT2D eigenvalue weighted by molar-refractivity contribution is 5.92. The van der Waals surface area contributed by atoms with E-state index in [1.165, 1.54) is 23.3 Å². The van der Waals surface area contributed by atoms with Gasteiger partial charge in [-0.3, -0.25) is 0 Å². The summed E-state index contributed by atoms with van der Waals surface area (Å²) in [5, 5.41) is 3.16. The van der Waals surface area contributed by atoms with Gasteiger partial charge in [0.25, 0.3) is 0 Å². The predicted octanol–water partition coefficient (Wildman–Crippen LogP) is 2.84. The Morgan fingerprint density at radius 3 is 2.47 bits per heavy atom. The van der Waals surface area contributed by atoms with E-state index in [9.17, 15) is 0 Å². The lowest BCUT2D eigenvalue weighted by Gasteiger charge is -1.81. The summed E-state index contributed by atoms with van der Waals surface area (Å²) in [6.07, 6.45) is 3.26. The molecule has 2 heterocycles. The quantitative estimate of drug-likeness (QED) is 0.566. The first-order valence-electron chi connectivity index (χ1n) is 4.86. The predicted molar refractivity (Wildman–Crippen MR) is 61.2 cm³/mol. The highest BCUT2D eigenvalue weighted by Crippen LogP contribution is 2.40. The second-order valence-electron chi connectivity index (χ2n) is 3.47. The number of benzene rings is 1. The van der Waals surface area contributed by atoms with E-state index in [2.05, 4.69) is 40.4 Å². The highest BCUT2D eigenvalue weighted by Gasteiger charge is 2.15. The molecule has 0 amide bonds. The number of rotatable bonds is 0. The van der Waals surface area contributed by atoms with Crippen molar-refractivity contribution in [3.05, 3.63) is 48.0 Å². The van der Waals surface area contributed by atoms with Gasteiger partial charge in [-0.05, 0) is 31.5 Å². The summed E-state index contributed by atoms with van der Waals surface area (Å²) in [5.74, 6) is 0. The molecule has 0 fully saturated rings. The standard InChI is InChI=1S/C7H7N.C5H6N2/c1-5-3-2-4-6-7(5)8-6;1-5-2-3-6-4-7-5/h2-4,8H,1H3;2-4H,1H3. The molecule has 3 heteroatoms. The average molecular weight is 199 g/mol. The van der Waals surface area contributed by atoms with E-state index >= 15 is 0 Å². The van der Waals surface area contributed by atoms with Gasteiger partial charge in [0.2, 0.25) is 0 Å². The van der Waals surface area contributed by atoms with Crippen molar-refractivity contribution in [2.45, 2.75) is 13.8 Å². The van der Waals surface area contributed by atoms with Crippen LogP contribution in [0.2, 0.25) is 0 Å². The number of nitrogens with zero attached hydrogens (tertiary/aromatic N) is 2. The maximum Gasteiger partial charge on any atom is 0.115 e. The number of fused-ring (bicyclic) bond motifs is 1. The molecule has 1 N–H and O–H groups in total. The Balaban J connectivity index is 0.000000115. The molecule has 76 valence electrons. The molecule has 1 aliphatic rings. The zero-order valence-electron chi connectivity index (χ0n) is 8.86. The first-order valence-corrected chi connectivity index (χ1v) is 4.86. The molecule has 1 aliphatic heterocycles. The zero-order valence-corrected chi connectivity index (χ0v) is 8.86. The topological polar surface area (TPSA) is 47.7 Å². The molecule has 2 aromatic rings. The fraction of sp³-hybridized carbons (Fsp3) is 0.167. The lowest BCUT2D eigenvalue weighted by atomic mass is 10.2. The van der Waals surface area contributed by atoms with Crippen LogP contribution in [0, 0.1) is 13.8 Å². The van der Waals surface area contributed by atoms with Crippen molar-refractivity contribution >= 4 is 11.4 Å². The van der Waals surface area contributed by atoms with E-state index in [1.54, 1.807) is 6.20 Å². The van der Waals surface area contributed by atoms with Crippen molar-refractivity contribution in [1.82, 2.24) is 9.97 Å². The first kappa shape index (κ1) is 9.65. The Hall–Kier alpha value is -1.90. The fourth-order valence-corrected chi connectivity index (χ4v) is 1.27. The average Bonchev–Trinajstić information content (AvgIpc) is 3.00. The SMILES string of the molecule is Cc1cccc2c1N2.Cc1ccncn1. The molecule has 0 spiro atoms. The van der Waals surface area contributed by atoms with Gasteiger partial charge in [0.05, 0.1) is 11.4 Å². The fourth-order valence-electron chi connectivity index (χ4n) is 1.27. The summed E-state index contributed by atoms with van der Waals surface area (Å²) in [6.45, 7) is 4.04. The van der Waals surface area contributed by atoms with Crippen molar-refractivity contribution in [3.63, 3.8) is 0 Å². The van der Waals surface area contributed by atoms with Gasteiger partial charge in [-0.15, -0.1) is 0 Å². The maximum absolute atomic E-state index is 3.87. The molecule has 0 unspecified atom stereocenters. The van der Waals surface area contributed by atoms with Crippen LogP contribution in [0.3, 0.4) is 0 Å². The van der Waals surface area contributed by atoms with Crippen molar-refractivity contribution < 1.29 is 0 Å². The monoisotopic (exact) mass is 199 g/mol. The third kappa shape index (κ3) is 2.53. The molecule has 3 nitrogen and oxygen atoms in total. The van der Waals surface area contributed by atoms with Crippen LogP contribution in [0.4, 0.5) is 11.4 Å². The lowest BCUT2D eigenvalue weighted by molar-refractivity contribution is 1.10. The van der Waals surface area contributed by atoms with E-state index in [4.69, 9.17) is 0 Å². The lowest BCUT2D eigenvalue weighted by Crippen LogP contribution is -1.77. The van der Waals surface area contributed by atoms with Crippen LogP contribution < -0.4 is 5.32 Å². The highest BCUT2D eigenvalue weighted by atomic mass is 15.0.